The van der Waals surface area contributed by atoms with Crippen LogP contribution in [0.25, 0.3) is 0 Å². The zero-order valence-electron chi connectivity index (χ0n) is 11.4. The van der Waals surface area contributed by atoms with Crippen LogP contribution in [-0.4, -0.2) is 31.9 Å². The van der Waals surface area contributed by atoms with E-state index < -0.39 is 12.1 Å². The molecule has 1 fully saturated rings. The van der Waals surface area contributed by atoms with Gasteiger partial charge >= 0.3 is 5.97 Å². The zero-order chi connectivity index (χ0) is 14.7. The van der Waals surface area contributed by atoms with Crippen LogP contribution in [0, 0.1) is 5.92 Å². The smallest absolute Gasteiger partial charge is 0.339 e. The highest BCUT2D eigenvalue weighted by Crippen LogP contribution is 2.41. The second-order valence-electron chi connectivity index (χ2n) is 4.67. The van der Waals surface area contributed by atoms with Crippen LogP contribution >= 0.6 is 15.9 Å². The fraction of sp³-hybridized carbons (Fsp3) is 0.500. The number of halogens is 1. The molecule has 110 valence electrons. The highest BCUT2D eigenvalue weighted by atomic mass is 79.9. The van der Waals surface area contributed by atoms with Crippen LogP contribution in [0.5, 0.6) is 11.5 Å². The Labute approximate surface area is 126 Å². The Morgan fingerprint density at radius 3 is 2.70 bits per heavy atom. The third kappa shape index (κ3) is 3.24. The predicted molar refractivity (Wildman–Crippen MR) is 75.9 cm³/mol. The Morgan fingerprint density at radius 2 is 2.15 bits per heavy atom. The molecule has 2 rings (SSSR count). The van der Waals surface area contributed by atoms with Crippen molar-refractivity contribution in [1.29, 1.82) is 0 Å². The van der Waals surface area contributed by atoms with E-state index in [-0.39, 0.29) is 0 Å². The van der Waals surface area contributed by atoms with Gasteiger partial charge in [-0.05, 0) is 30.9 Å². The molecule has 20 heavy (non-hydrogen) atoms. The molecule has 1 saturated carbocycles. The molecule has 6 heteroatoms. The minimum absolute atomic E-state index is 0.330. The summed E-state index contributed by atoms with van der Waals surface area (Å²) in [6.07, 6.45) is 0.870. The number of carbonyl (C=O) groups excluding carboxylic acids is 1. The number of aliphatic hydroxyl groups is 1. The van der Waals surface area contributed by atoms with E-state index in [9.17, 15) is 9.90 Å². The van der Waals surface area contributed by atoms with Crippen LogP contribution in [0.2, 0.25) is 0 Å². The number of aliphatic hydroxyl groups excluding tert-OH is 1. The monoisotopic (exact) mass is 344 g/mol. The Kier molecular flexibility index (Phi) is 4.88. The quantitative estimate of drug-likeness (QED) is 0.803. The molecule has 0 aliphatic heterocycles. The molecule has 0 bridgehead atoms. The van der Waals surface area contributed by atoms with Crippen LogP contribution in [0.15, 0.2) is 16.6 Å². The van der Waals surface area contributed by atoms with E-state index in [0.29, 0.717) is 34.1 Å². The summed E-state index contributed by atoms with van der Waals surface area (Å²) in [6, 6.07) is 3.42. The average Bonchev–Trinajstić information content (AvgIpc) is 3.27. The molecule has 1 unspecified atom stereocenters. The molecular weight excluding hydrogens is 328 g/mol. The van der Waals surface area contributed by atoms with Crippen LogP contribution < -0.4 is 9.47 Å². The van der Waals surface area contributed by atoms with E-state index in [0.717, 1.165) is 12.8 Å². The van der Waals surface area contributed by atoms with Gasteiger partial charge in [-0.1, -0.05) is 15.9 Å². The molecular formula is C14H17BrO5. The van der Waals surface area contributed by atoms with Gasteiger partial charge in [0, 0.05) is 4.47 Å². The standard InChI is InChI=1S/C14H17BrO5/c1-18-10-6-5-9(15)11(12(16)14(17)19-2)13(10)20-7-8-3-4-8/h5-6,8,12,16H,3-4,7H2,1-2H3. The SMILES string of the molecule is COC(=O)C(O)c1c(Br)ccc(OC)c1OCC1CC1. The first-order valence-electron chi connectivity index (χ1n) is 6.33. The lowest BCUT2D eigenvalue weighted by atomic mass is 10.1. The van der Waals surface area contributed by atoms with E-state index >= 15 is 0 Å². The molecule has 1 atom stereocenters. The van der Waals surface area contributed by atoms with E-state index in [1.54, 1.807) is 12.1 Å². The summed E-state index contributed by atoms with van der Waals surface area (Å²) in [5, 5.41) is 10.1. The van der Waals surface area contributed by atoms with Gasteiger partial charge in [-0.3, -0.25) is 0 Å². The van der Waals surface area contributed by atoms with Gasteiger partial charge in [-0.15, -0.1) is 0 Å². The molecule has 1 aromatic rings. The Bertz CT molecular complexity index is 499. The number of benzene rings is 1. The lowest BCUT2D eigenvalue weighted by Gasteiger charge is -2.19. The fourth-order valence-corrected chi connectivity index (χ4v) is 2.36. The Hall–Kier alpha value is -1.27. The second kappa shape index (κ2) is 6.45. The third-order valence-electron chi connectivity index (χ3n) is 3.18. The molecule has 0 saturated heterocycles. The van der Waals surface area contributed by atoms with E-state index in [2.05, 4.69) is 20.7 Å². The summed E-state index contributed by atoms with van der Waals surface area (Å²) in [5.41, 5.74) is 0.330. The number of methoxy groups -OCH3 is 2. The Balaban J connectivity index is 2.36. The Morgan fingerprint density at radius 1 is 1.45 bits per heavy atom. The summed E-state index contributed by atoms with van der Waals surface area (Å²) in [7, 11) is 2.74. The average molecular weight is 345 g/mol. The van der Waals surface area contributed by atoms with Gasteiger partial charge in [0.1, 0.15) is 0 Å². The maximum absolute atomic E-state index is 11.6. The second-order valence-corrected chi connectivity index (χ2v) is 5.53. The lowest BCUT2D eigenvalue weighted by molar-refractivity contribution is -0.150. The van der Waals surface area contributed by atoms with Crippen molar-refractivity contribution in [3.63, 3.8) is 0 Å². The molecule has 0 radical (unpaired) electrons. The minimum atomic E-state index is -1.42. The molecule has 0 aromatic heterocycles. The van der Waals surface area contributed by atoms with Crippen molar-refractivity contribution in [3.05, 3.63) is 22.2 Å². The predicted octanol–water partition coefficient (Wildman–Crippen LogP) is 2.45. The van der Waals surface area contributed by atoms with E-state index in [4.69, 9.17) is 9.47 Å². The largest absolute Gasteiger partial charge is 0.493 e. The normalized spacial score (nSPS) is 15.6. The lowest BCUT2D eigenvalue weighted by Crippen LogP contribution is -2.16. The van der Waals surface area contributed by atoms with Crippen LogP contribution in [0.3, 0.4) is 0 Å². The molecule has 1 aliphatic carbocycles. The maximum Gasteiger partial charge on any atom is 0.339 e. The van der Waals surface area contributed by atoms with Gasteiger partial charge in [-0.25, -0.2) is 4.79 Å². The summed E-state index contributed by atoms with van der Waals surface area (Å²) in [6.45, 7) is 0.549. The van der Waals surface area contributed by atoms with E-state index in [1.165, 1.54) is 14.2 Å². The number of esters is 1. The zero-order valence-corrected chi connectivity index (χ0v) is 13.0. The number of hydrogen-bond acceptors (Lipinski definition) is 5. The first kappa shape index (κ1) is 15.1. The first-order valence-corrected chi connectivity index (χ1v) is 7.12. The molecule has 1 N–H and O–H groups in total. The maximum atomic E-state index is 11.6. The van der Waals surface area contributed by atoms with Gasteiger partial charge in [0.05, 0.1) is 26.4 Å². The molecule has 0 spiro atoms. The van der Waals surface area contributed by atoms with Crippen molar-refractivity contribution in [2.75, 3.05) is 20.8 Å². The number of hydrogen-bond donors (Lipinski definition) is 1. The van der Waals surface area contributed by atoms with E-state index in [1.807, 2.05) is 0 Å². The van der Waals surface area contributed by atoms with Gasteiger partial charge in [0.25, 0.3) is 0 Å². The molecule has 5 nitrogen and oxygen atoms in total. The van der Waals surface area contributed by atoms with Crippen LogP contribution in [0.4, 0.5) is 0 Å². The summed E-state index contributed by atoms with van der Waals surface area (Å²) < 4.78 is 16.2. The van der Waals surface area contributed by atoms with Crippen molar-refractivity contribution < 1.29 is 24.1 Å². The molecule has 1 aliphatic rings. The van der Waals surface area contributed by atoms with Crippen molar-refractivity contribution in [3.8, 4) is 11.5 Å². The molecule has 1 aromatic carbocycles. The highest BCUT2D eigenvalue weighted by Gasteiger charge is 2.29. The summed E-state index contributed by atoms with van der Waals surface area (Å²) in [5.74, 6) is 0.663. The summed E-state index contributed by atoms with van der Waals surface area (Å²) in [4.78, 5) is 11.6. The van der Waals surface area contributed by atoms with Crippen molar-refractivity contribution in [2.24, 2.45) is 5.92 Å². The fourth-order valence-electron chi connectivity index (χ4n) is 1.84. The molecule has 0 amide bonds. The van der Waals surface area contributed by atoms with Gasteiger partial charge in [0.2, 0.25) is 0 Å². The minimum Gasteiger partial charge on any atom is -0.493 e. The van der Waals surface area contributed by atoms with Gasteiger partial charge < -0.3 is 19.3 Å². The van der Waals surface area contributed by atoms with Gasteiger partial charge in [0.15, 0.2) is 17.6 Å². The topological polar surface area (TPSA) is 65.0 Å². The molecule has 0 heterocycles. The van der Waals surface area contributed by atoms with Gasteiger partial charge in [-0.2, -0.15) is 0 Å². The highest BCUT2D eigenvalue weighted by molar-refractivity contribution is 9.10. The van der Waals surface area contributed by atoms with Crippen LogP contribution in [-0.2, 0) is 9.53 Å². The van der Waals surface area contributed by atoms with Crippen LogP contribution in [0.1, 0.15) is 24.5 Å². The summed E-state index contributed by atoms with van der Waals surface area (Å²) >= 11 is 3.33. The third-order valence-corrected chi connectivity index (χ3v) is 3.88. The van der Waals surface area contributed by atoms with Crippen molar-refractivity contribution in [2.45, 2.75) is 18.9 Å². The van der Waals surface area contributed by atoms with Crippen molar-refractivity contribution >= 4 is 21.9 Å². The van der Waals surface area contributed by atoms with Crippen molar-refractivity contribution in [1.82, 2.24) is 0 Å². The number of carbonyl (C=O) groups is 1. The first-order chi connectivity index (χ1) is 9.58. The number of rotatable bonds is 6. The number of ether oxygens (including phenoxy) is 3.